The van der Waals surface area contributed by atoms with Crippen molar-refractivity contribution in [2.24, 2.45) is 0 Å². The molecule has 2 aromatic rings. The zero-order valence-corrected chi connectivity index (χ0v) is 17.0. The molecule has 1 heterocycles. The lowest BCUT2D eigenvalue weighted by Gasteiger charge is -2.25. The van der Waals surface area contributed by atoms with Gasteiger partial charge in [0.05, 0.1) is 9.92 Å². The Bertz CT molecular complexity index is 997. The quantitative estimate of drug-likeness (QED) is 0.506. The fourth-order valence-corrected chi connectivity index (χ4v) is 4.80. The van der Waals surface area contributed by atoms with Crippen LogP contribution < -0.4 is 0 Å². The second-order valence-corrected chi connectivity index (χ2v) is 8.93. The minimum absolute atomic E-state index is 0.103. The van der Waals surface area contributed by atoms with E-state index >= 15 is 0 Å². The molecule has 0 N–H and O–H groups in total. The first-order valence-electron chi connectivity index (χ1n) is 9.05. The van der Waals surface area contributed by atoms with E-state index in [1.807, 2.05) is 0 Å². The number of rotatable bonds is 6. The summed E-state index contributed by atoms with van der Waals surface area (Å²) >= 11 is 5.79. The minimum atomic E-state index is -3.60. The van der Waals surface area contributed by atoms with Crippen molar-refractivity contribution < 1.29 is 27.1 Å². The molecule has 0 amide bonds. The van der Waals surface area contributed by atoms with E-state index in [4.69, 9.17) is 16.3 Å². The summed E-state index contributed by atoms with van der Waals surface area (Å²) in [6.45, 7) is 0.344. The number of benzene rings is 2. The second kappa shape index (κ2) is 9.02. The van der Waals surface area contributed by atoms with Crippen molar-refractivity contribution in [1.29, 1.82) is 0 Å². The molecule has 0 aliphatic carbocycles. The van der Waals surface area contributed by atoms with Crippen LogP contribution in [0.1, 0.15) is 40.0 Å². The lowest BCUT2D eigenvalue weighted by Crippen LogP contribution is -2.35. The average Bonchev–Trinajstić information content (AvgIpc) is 2.72. The standard InChI is InChI=1S/C20H19ClFNO5S/c21-16-5-4-6-17(22)19(16)20(25)28-13-18(24)14-7-9-15(10-8-14)29(26,27)23-11-2-1-3-12-23/h4-10H,1-3,11-13H2. The van der Waals surface area contributed by atoms with Crippen LogP contribution in [0.25, 0.3) is 0 Å². The van der Waals surface area contributed by atoms with Gasteiger partial charge >= 0.3 is 5.97 Å². The number of Topliss-reactive ketones (excluding diaryl/α,β-unsaturated/α-hetero) is 1. The molecule has 154 valence electrons. The summed E-state index contributed by atoms with van der Waals surface area (Å²) in [4.78, 5) is 24.4. The molecule has 0 saturated carbocycles. The van der Waals surface area contributed by atoms with E-state index in [0.717, 1.165) is 25.3 Å². The first kappa shape index (κ1) is 21.4. The van der Waals surface area contributed by atoms with Crippen molar-refractivity contribution in [1.82, 2.24) is 4.31 Å². The molecule has 3 rings (SSSR count). The fraction of sp³-hybridized carbons (Fsp3) is 0.300. The molecule has 1 aliphatic rings. The molecule has 29 heavy (non-hydrogen) atoms. The Morgan fingerprint density at radius 1 is 1.03 bits per heavy atom. The molecule has 1 aliphatic heterocycles. The number of ether oxygens (including phenoxy) is 1. The predicted molar refractivity (Wildman–Crippen MR) is 105 cm³/mol. The van der Waals surface area contributed by atoms with E-state index in [0.29, 0.717) is 13.1 Å². The van der Waals surface area contributed by atoms with Gasteiger partial charge in [0.2, 0.25) is 10.0 Å². The molecule has 0 radical (unpaired) electrons. The summed E-state index contributed by atoms with van der Waals surface area (Å²) < 4.78 is 45.3. The number of piperidine rings is 1. The highest BCUT2D eigenvalue weighted by Crippen LogP contribution is 2.22. The number of carbonyl (C=O) groups excluding carboxylic acids is 2. The normalized spacial score (nSPS) is 15.1. The molecule has 0 unspecified atom stereocenters. The summed E-state index contributed by atoms with van der Waals surface area (Å²) in [6, 6.07) is 9.18. The minimum Gasteiger partial charge on any atom is -0.454 e. The van der Waals surface area contributed by atoms with Gasteiger partial charge in [0.25, 0.3) is 0 Å². The number of esters is 1. The fourth-order valence-electron chi connectivity index (χ4n) is 3.05. The molecule has 2 aromatic carbocycles. The second-order valence-electron chi connectivity index (χ2n) is 6.59. The molecule has 1 fully saturated rings. The van der Waals surface area contributed by atoms with Gasteiger partial charge < -0.3 is 4.74 Å². The van der Waals surface area contributed by atoms with Crippen LogP contribution in [0.4, 0.5) is 4.39 Å². The maximum atomic E-state index is 13.7. The van der Waals surface area contributed by atoms with Crippen molar-refractivity contribution in [2.75, 3.05) is 19.7 Å². The Morgan fingerprint density at radius 3 is 2.31 bits per heavy atom. The summed E-state index contributed by atoms with van der Waals surface area (Å²) in [6.07, 6.45) is 2.66. The van der Waals surface area contributed by atoms with Gasteiger partial charge in [-0.2, -0.15) is 4.31 Å². The van der Waals surface area contributed by atoms with Gasteiger partial charge in [-0.05, 0) is 49.2 Å². The van der Waals surface area contributed by atoms with E-state index in [-0.39, 0.29) is 15.5 Å². The summed E-state index contributed by atoms with van der Waals surface area (Å²) in [5.74, 6) is -2.44. The van der Waals surface area contributed by atoms with Gasteiger partial charge in [-0.15, -0.1) is 0 Å². The average molecular weight is 440 g/mol. The van der Waals surface area contributed by atoms with Gasteiger partial charge in [0, 0.05) is 18.7 Å². The third kappa shape index (κ3) is 4.83. The van der Waals surface area contributed by atoms with E-state index in [9.17, 15) is 22.4 Å². The topological polar surface area (TPSA) is 80.8 Å². The molecule has 0 spiro atoms. The van der Waals surface area contributed by atoms with Crippen LogP contribution in [-0.2, 0) is 14.8 Å². The van der Waals surface area contributed by atoms with Crippen LogP contribution in [0.2, 0.25) is 5.02 Å². The third-order valence-electron chi connectivity index (χ3n) is 4.63. The monoisotopic (exact) mass is 439 g/mol. The van der Waals surface area contributed by atoms with Crippen LogP contribution in [-0.4, -0.2) is 44.2 Å². The molecule has 1 saturated heterocycles. The number of nitrogens with zero attached hydrogens (tertiary/aromatic N) is 1. The highest BCUT2D eigenvalue weighted by Gasteiger charge is 2.26. The third-order valence-corrected chi connectivity index (χ3v) is 6.86. The highest BCUT2D eigenvalue weighted by atomic mass is 35.5. The van der Waals surface area contributed by atoms with Crippen LogP contribution in [0, 0.1) is 5.82 Å². The summed E-state index contributed by atoms with van der Waals surface area (Å²) in [7, 11) is -3.60. The maximum Gasteiger partial charge on any atom is 0.343 e. The Kier molecular flexibility index (Phi) is 6.66. The number of halogens is 2. The number of hydrogen-bond donors (Lipinski definition) is 0. The summed E-state index contributed by atoms with van der Waals surface area (Å²) in [5, 5.41) is -0.116. The Hall–Kier alpha value is -2.29. The van der Waals surface area contributed by atoms with Crippen LogP contribution in [0.5, 0.6) is 0 Å². The van der Waals surface area contributed by atoms with Crippen molar-refractivity contribution >= 4 is 33.4 Å². The van der Waals surface area contributed by atoms with Crippen LogP contribution >= 0.6 is 11.6 Å². The zero-order chi connectivity index (χ0) is 21.0. The predicted octanol–water partition coefficient (Wildman–Crippen LogP) is 3.69. The van der Waals surface area contributed by atoms with Crippen molar-refractivity contribution in [3.63, 3.8) is 0 Å². The Morgan fingerprint density at radius 2 is 1.69 bits per heavy atom. The van der Waals surface area contributed by atoms with E-state index in [2.05, 4.69) is 0 Å². The van der Waals surface area contributed by atoms with E-state index in [1.54, 1.807) is 0 Å². The Balaban J connectivity index is 1.65. The van der Waals surface area contributed by atoms with Crippen molar-refractivity contribution in [3.05, 3.63) is 64.4 Å². The van der Waals surface area contributed by atoms with Gasteiger partial charge in [-0.1, -0.05) is 24.1 Å². The molecule has 0 aromatic heterocycles. The SMILES string of the molecule is O=C(COC(=O)c1c(F)cccc1Cl)c1ccc(S(=O)(=O)N2CCCCC2)cc1. The smallest absolute Gasteiger partial charge is 0.343 e. The lowest BCUT2D eigenvalue weighted by atomic mass is 10.1. The van der Waals surface area contributed by atoms with E-state index < -0.39 is 39.8 Å². The molecule has 0 atom stereocenters. The van der Waals surface area contributed by atoms with Gasteiger partial charge in [-0.3, -0.25) is 4.79 Å². The number of ketones is 1. The molecular weight excluding hydrogens is 421 g/mol. The molecular formula is C20H19ClFNO5S. The highest BCUT2D eigenvalue weighted by molar-refractivity contribution is 7.89. The Labute approximate surface area is 173 Å². The molecule has 0 bridgehead atoms. The van der Waals surface area contributed by atoms with Crippen molar-refractivity contribution in [3.8, 4) is 0 Å². The number of hydrogen-bond acceptors (Lipinski definition) is 5. The van der Waals surface area contributed by atoms with Gasteiger partial charge in [-0.25, -0.2) is 17.6 Å². The number of carbonyl (C=O) groups is 2. The van der Waals surface area contributed by atoms with E-state index in [1.165, 1.54) is 40.7 Å². The van der Waals surface area contributed by atoms with Gasteiger partial charge in [0.15, 0.2) is 12.4 Å². The number of sulfonamides is 1. The first-order valence-corrected chi connectivity index (χ1v) is 10.9. The van der Waals surface area contributed by atoms with Crippen molar-refractivity contribution in [2.45, 2.75) is 24.2 Å². The summed E-state index contributed by atoms with van der Waals surface area (Å²) in [5.41, 5.74) is -0.264. The zero-order valence-electron chi connectivity index (χ0n) is 15.4. The maximum absolute atomic E-state index is 13.7. The van der Waals surface area contributed by atoms with Crippen LogP contribution in [0.3, 0.4) is 0 Å². The first-order chi connectivity index (χ1) is 13.8. The van der Waals surface area contributed by atoms with Gasteiger partial charge in [0.1, 0.15) is 11.4 Å². The molecule has 9 heteroatoms. The molecule has 6 nitrogen and oxygen atoms in total. The van der Waals surface area contributed by atoms with Crippen LogP contribution in [0.15, 0.2) is 47.4 Å². The lowest BCUT2D eigenvalue weighted by molar-refractivity contribution is 0.0470. The largest absolute Gasteiger partial charge is 0.454 e.